The lowest BCUT2D eigenvalue weighted by molar-refractivity contribution is 0.0158. The molecule has 1 saturated heterocycles. The Morgan fingerprint density at radius 1 is 1.20 bits per heavy atom. The molecule has 2 rings (SSSR count). The number of nitrogens with one attached hydrogen (secondary N) is 1. The van der Waals surface area contributed by atoms with E-state index in [9.17, 15) is 0 Å². The smallest absolute Gasteiger partial charge is 0.0625 e. The summed E-state index contributed by atoms with van der Waals surface area (Å²) in [5.41, 5.74) is 2.88. The summed E-state index contributed by atoms with van der Waals surface area (Å²) in [6.07, 6.45) is 6.07. The van der Waals surface area contributed by atoms with Crippen molar-refractivity contribution in [2.24, 2.45) is 5.92 Å². The van der Waals surface area contributed by atoms with Crippen LogP contribution in [0.1, 0.15) is 44.2 Å². The number of hydrogen-bond acceptors (Lipinski definition) is 2. The van der Waals surface area contributed by atoms with Gasteiger partial charge in [0.2, 0.25) is 0 Å². The molecule has 1 aliphatic heterocycles. The summed E-state index contributed by atoms with van der Waals surface area (Å²) in [5, 5.41) is 3.50. The van der Waals surface area contributed by atoms with Gasteiger partial charge in [0.1, 0.15) is 0 Å². The molecule has 1 atom stereocenters. The maximum atomic E-state index is 5.48. The average Bonchev–Trinajstić information content (AvgIpc) is 2.48. The average molecular weight is 275 g/mol. The first-order chi connectivity index (χ1) is 9.59. The molecular formula is C18H29NO. The number of ether oxygens (including phenoxy) is 1. The number of methoxy groups -OCH3 is 1. The highest BCUT2D eigenvalue weighted by Crippen LogP contribution is 2.19. The summed E-state index contributed by atoms with van der Waals surface area (Å²) >= 11 is 0. The molecule has 0 amide bonds. The normalized spacial score (nSPS) is 20.1. The Morgan fingerprint density at radius 2 is 1.90 bits per heavy atom. The molecule has 1 aromatic rings. The van der Waals surface area contributed by atoms with Crippen LogP contribution in [-0.4, -0.2) is 25.8 Å². The highest BCUT2D eigenvalue weighted by atomic mass is 16.5. The van der Waals surface area contributed by atoms with Crippen molar-refractivity contribution in [3.8, 4) is 0 Å². The molecule has 1 aromatic carbocycles. The molecule has 0 saturated carbocycles. The Balaban J connectivity index is 1.83. The van der Waals surface area contributed by atoms with Gasteiger partial charge < -0.3 is 10.1 Å². The highest BCUT2D eigenvalue weighted by molar-refractivity contribution is 5.23. The first-order valence-corrected chi connectivity index (χ1v) is 7.93. The molecule has 1 aliphatic rings. The van der Waals surface area contributed by atoms with Crippen molar-refractivity contribution < 1.29 is 4.74 Å². The van der Waals surface area contributed by atoms with Crippen LogP contribution in [0.3, 0.4) is 0 Å². The molecule has 1 fully saturated rings. The van der Waals surface area contributed by atoms with Gasteiger partial charge in [0.05, 0.1) is 5.60 Å². The lowest BCUT2D eigenvalue weighted by atomic mass is 9.91. The standard InChI is InChI=1S/C18H29NO/c1-18(2,20-3)11-10-15-6-8-16(9-7-15)13-17-5-4-12-19-14-17/h6-9,17,19H,4-5,10-14H2,1-3H3. The number of hydrogen-bond donors (Lipinski definition) is 1. The predicted octanol–water partition coefficient (Wildman–Crippen LogP) is 3.59. The number of aryl methyl sites for hydroxylation is 1. The molecule has 0 bridgehead atoms. The van der Waals surface area contributed by atoms with E-state index >= 15 is 0 Å². The Labute approximate surface area is 123 Å². The SMILES string of the molecule is COC(C)(C)CCc1ccc(CC2CCCNC2)cc1. The maximum Gasteiger partial charge on any atom is 0.0625 e. The third kappa shape index (κ3) is 4.92. The Morgan fingerprint density at radius 3 is 2.50 bits per heavy atom. The van der Waals surface area contributed by atoms with Crippen molar-refractivity contribution in [1.29, 1.82) is 0 Å². The quantitative estimate of drug-likeness (QED) is 0.856. The van der Waals surface area contributed by atoms with Gasteiger partial charge in [-0.25, -0.2) is 0 Å². The first kappa shape index (κ1) is 15.5. The third-order valence-electron chi connectivity index (χ3n) is 4.51. The maximum absolute atomic E-state index is 5.48. The zero-order valence-electron chi connectivity index (χ0n) is 13.2. The Kier molecular flexibility index (Phi) is 5.62. The van der Waals surface area contributed by atoms with E-state index in [1.807, 2.05) is 0 Å². The fraction of sp³-hybridized carbons (Fsp3) is 0.667. The van der Waals surface area contributed by atoms with E-state index in [4.69, 9.17) is 4.74 Å². The third-order valence-corrected chi connectivity index (χ3v) is 4.51. The summed E-state index contributed by atoms with van der Waals surface area (Å²) < 4.78 is 5.48. The molecule has 0 aliphatic carbocycles. The summed E-state index contributed by atoms with van der Waals surface area (Å²) in [7, 11) is 1.79. The molecule has 1 unspecified atom stereocenters. The topological polar surface area (TPSA) is 21.3 Å². The number of piperidine rings is 1. The van der Waals surface area contributed by atoms with E-state index in [1.54, 1.807) is 7.11 Å². The monoisotopic (exact) mass is 275 g/mol. The second kappa shape index (κ2) is 7.24. The molecule has 0 aromatic heterocycles. The van der Waals surface area contributed by atoms with Crippen LogP contribution in [0.15, 0.2) is 24.3 Å². The molecule has 20 heavy (non-hydrogen) atoms. The van der Waals surface area contributed by atoms with Crippen LogP contribution >= 0.6 is 0 Å². The van der Waals surface area contributed by atoms with Crippen LogP contribution in [0.25, 0.3) is 0 Å². The van der Waals surface area contributed by atoms with Gasteiger partial charge in [-0.15, -0.1) is 0 Å². The van der Waals surface area contributed by atoms with Crippen molar-refractivity contribution in [2.75, 3.05) is 20.2 Å². The van der Waals surface area contributed by atoms with Crippen LogP contribution in [-0.2, 0) is 17.6 Å². The molecular weight excluding hydrogens is 246 g/mol. The molecule has 112 valence electrons. The zero-order valence-corrected chi connectivity index (χ0v) is 13.2. The van der Waals surface area contributed by atoms with Crippen LogP contribution < -0.4 is 5.32 Å². The largest absolute Gasteiger partial charge is 0.379 e. The summed E-state index contributed by atoms with van der Waals surface area (Å²) in [5.74, 6) is 0.821. The second-order valence-corrected chi connectivity index (χ2v) is 6.70. The van der Waals surface area contributed by atoms with Gasteiger partial charge in [0.15, 0.2) is 0 Å². The number of benzene rings is 1. The second-order valence-electron chi connectivity index (χ2n) is 6.70. The van der Waals surface area contributed by atoms with Crippen molar-refractivity contribution in [2.45, 2.75) is 51.6 Å². The summed E-state index contributed by atoms with van der Waals surface area (Å²) in [4.78, 5) is 0. The fourth-order valence-corrected chi connectivity index (χ4v) is 2.82. The molecule has 2 heteroatoms. The van der Waals surface area contributed by atoms with Crippen molar-refractivity contribution >= 4 is 0 Å². The van der Waals surface area contributed by atoms with Crippen molar-refractivity contribution in [3.63, 3.8) is 0 Å². The minimum Gasteiger partial charge on any atom is -0.379 e. The highest BCUT2D eigenvalue weighted by Gasteiger charge is 2.16. The first-order valence-electron chi connectivity index (χ1n) is 7.93. The van der Waals surface area contributed by atoms with Crippen LogP contribution in [0.5, 0.6) is 0 Å². The molecule has 2 nitrogen and oxygen atoms in total. The number of rotatable bonds is 6. The van der Waals surface area contributed by atoms with Gasteiger partial charge in [-0.05, 0) is 76.1 Å². The summed E-state index contributed by atoms with van der Waals surface area (Å²) in [6.45, 7) is 6.68. The minimum absolute atomic E-state index is 0.0214. The van der Waals surface area contributed by atoms with Crippen LogP contribution in [0.4, 0.5) is 0 Å². The zero-order chi connectivity index (χ0) is 14.4. The summed E-state index contributed by atoms with van der Waals surface area (Å²) in [6, 6.07) is 9.20. The lowest BCUT2D eigenvalue weighted by Crippen LogP contribution is -2.30. The van der Waals surface area contributed by atoms with Gasteiger partial charge in [-0.1, -0.05) is 24.3 Å². The van der Waals surface area contributed by atoms with E-state index in [-0.39, 0.29) is 5.60 Å². The fourth-order valence-electron chi connectivity index (χ4n) is 2.82. The van der Waals surface area contributed by atoms with Crippen LogP contribution in [0.2, 0.25) is 0 Å². The van der Waals surface area contributed by atoms with Gasteiger partial charge in [0.25, 0.3) is 0 Å². The van der Waals surface area contributed by atoms with E-state index in [2.05, 4.69) is 43.4 Å². The van der Waals surface area contributed by atoms with Gasteiger partial charge >= 0.3 is 0 Å². The van der Waals surface area contributed by atoms with E-state index < -0.39 is 0 Å². The van der Waals surface area contributed by atoms with Gasteiger partial charge in [-0.2, -0.15) is 0 Å². The molecule has 0 spiro atoms. The van der Waals surface area contributed by atoms with Crippen molar-refractivity contribution in [1.82, 2.24) is 5.32 Å². The molecule has 1 N–H and O–H groups in total. The predicted molar refractivity (Wildman–Crippen MR) is 85.1 cm³/mol. The Hall–Kier alpha value is -0.860. The van der Waals surface area contributed by atoms with Gasteiger partial charge in [0, 0.05) is 7.11 Å². The minimum atomic E-state index is -0.0214. The van der Waals surface area contributed by atoms with E-state index in [0.29, 0.717) is 0 Å². The van der Waals surface area contributed by atoms with Crippen molar-refractivity contribution in [3.05, 3.63) is 35.4 Å². The molecule has 1 heterocycles. The Bertz CT molecular complexity index is 390. The van der Waals surface area contributed by atoms with Gasteiger partial charge in [-0.3, -0.25) is 0 Å². The lowest BCUT2D eigenvalue weighted by Gasteiger charge is -2.23. The van der Waals surface area contributed by atoms with E-state index in [0.717, 1.165) is 18.8 Å². The van der Waals surface area contributed by atoms with Crippen LogP contribution in [0, 0.1) is 5.92 Å². The van der Waals surface area contributed by atoms with E-state index in [1.165, 1.54) is 43.5 Å². The molecule has 0 radical (unpaired) electrons.